The van der Waals surface area contributed by atoms with E-state index in [2.05, 4.69) is 0 Å². The maximum absolute atomic E-state index is 11.7. The minimum atomic E-state index is -1.37. The summed E-state index contributed by atoms with van der Waals surface area (Å²) >= 11 is 0. The van der Waals surface area contributed by atoms with Crippen molar-refractivity contribution in [2.75, 3.05) is 0 Å². The van der Waals surface area contributed by atoms with Gasteiger partial charge in [-0.25, -0.2) is 4.79 Å². The molecule has 0 spiro atoms. The first kappa shape index (κ1) is 17.1. The lowest BCUT2D eigenvalue weighted by Gasteiger charge is -2.21. The first-order valence-electron chi connectivity index (χ1n) is 6.58. The molecule has 0 bridgehead atoms. The van der Waals surface area contributed by atoms with E-state index in [1.165, 1.54) is 0 Å². The molecule has 0 heterocycles. The fourth-order valence-corrected chi connectivity index (χ4v) is 1.67. The highest BCUT2D eigenvalue weighted by molar-refractivity contribution is 5.76. The van der Waals surface area contributed by atoms with Crippen molar-refractivity contribution < 1.29 is 24.5 Å². The summed E-state index contributed by atoms with van der Waals surface area (Å²) in [6.07, 6.45) is -1.19. The maximum atomic E-state index is 11.7. The Labute approximate surface area is 123 Å². The Kier molecular flexibility index (Phi) is 5.46. The van der Waals surface area contributed by atoms with Gasteiger partial charge in [-0.1, -0.05) is 24.3 Å². The third-order valence-corrected chi connectivity index (χ3v) is 2.70. The number of nitrogens with two attached hydrogens (primary N) is 1. The quantitative estimate of drug-likeness (QED) is 0.699. The Balaban J connectivity index is 2.73. The van der Waals surface area contributed by atoms with Crippen LogP contribution in [0.5, 0.6) is 0 Å². The molecule has 0 radical (unpaired) electrons. The fraction of sp³-hybridized carbons (Fsp3) is 0.467. The van der Waals surface area contributed by atoms with Crippen molar-refractivity contribution in [2.24, 2.45) is 5.73 Å². The summed E-state index contributed by atoms with van der Waals surface area (Å²) in [6, 6.07) is 5.39. The molecule has 2 atom stereocenters. The van der Waals surface area contributed by atoms with Crippen molar-refractivity contribution in [3.05, 3.63) is 35.4 Å². The second-order valence-corrected chi connectivity index (χ2v) is 5.83. The van der Waals surface area contributed by atoms with Gasteiger partial charge >= 0.3 is 11.9 Å². The predicted molar refractivity (Wildman–Crippen MR) is 76.6 cm³/mol. The van der Waals surface area contributed by atoms with Crippen molar-refractivity contribution in [3.63, 3.8) is 0 Å². The number of benzene rings is 1. The van der Waals surface area contributed by atoms with Crippen molar-refractivity contribution in [2.45, 2.75) is 44.9 Å². The van der Waals surface area contributed by atoms with E-state index in [0.29, 0.717) is 11.1 Å². The van der Waals surface area contributed by atoms with Crippen LogP contribution in [-0.2, 0) is 20.7 Å². The van der Waals surface area contributed by atoms with Gasteiger partial charge < -0.3 is 20.7 Å². The Morgan fingerprint density at radius 3 is 2.19 bits per heavy atom. The van der Waals surface area contributed by atoms with Crippen LogP contribution < -0.4 is 5.73 Å². The molecule has 6 heteroatoms. The van der Waals surface area contributed by atoms with E-state index >= 15 is 0 Å². The van der Waals surface area contributed by atoms with Crippen LogP contribution in [0.4, 0.5) is 0 Å². The van der Waals surface area contributed by atoms with Crippen LogP contribution >= 0.6 is 0 Å². The van der Waals surface area contributed by atoms with Gasteiger partial charge in [-0.15, -0.1) is 0 Å². The second-order valence-electron chi connectivity index (χ2n) is 5.83. The summed E-state index contributed by atoms with van der Waals surface area (Å²) in [5.74, 6) is -1.80. The van der Waals surface area contributed by atoms with E-state index in [1.807, 2.05) is 0 Å². The van der Waals surface area contributed by atoms with Crippen LogP contribution in [0.15, 0.2) is 24.3 Å². The zero-order valence-corrected chi connectivity index (χ0v) is 12.4. The number of carbonyl (C=O) groups excluding carboxylic acids is 1. The lowest BCUT2D eigenvalue weighted by Crippen LogP contribution is -2.32. The molecule has 0 aliphatic heterocycles. The smallest absolute Gasteiger partial charge is 0.340 e. The van der Waals surface area contributed by atoms with Crippen molar-refractivity contribution in [1.82, 2.24) is 0 Å². The molecule has 0 aliphatic rings. The van der Waals surface area contributed by atoms with E-state index in [9.17, 15) is 14.7 Å². The average Bonchev–Trinajstić information content (AvgIpc) is 2.36. The van der Waals surface area contributed by atoms with Gasteiger partial charge in [0.25, 0.3) is 0 Å². The lowest BCUT2D eigenvalue weighted by atomic mass is 10.0. The summed E-state index contributed by atoms with van der Waals surface area (Å²) in [4.78, 5) is 22.4. The Morgan fingerprint density at radius 1 is 1.24 bits per heavy atom. The third-order valence-electron chi connectivity index (χ3n) is 2.70. The number of ether oxygens (including phenoxy) is 1. The van der Waals surface area contributed by atoms with Crippen LogP contribution in [0.2, 0.25) is 0 Å². The number of carboxylic acids is 1. The van der Waals surface area contributed by atoms with Crippen LogP contribution in [0.3, 0.4) is 0 Å². The minimum absolute atomic E-state index is 0.179. The fourth-order valence-electron chi connectivity index (χ4n) is 1.67. The van der Waals surface area contributed by atoms with E-state index in [1.54, 1.807) is 45.0 Å². The number of esters is 1. The van der Waals surface area contributed by atoms with E-state index in [-0.39, 0.29) is 6.42 Å². The molecule has 1 aromatic rings. The molecule has 1 unspecified atom stereocenters. The number of carbonyl (C=O) groups is 2. The van der Waals surface area contributed by atoms with Gasteiger partial charge in [-0.3, -0.25) is 4.79 Å². The van der Waals surface area contributed by atoms with Crippen molar-refractivity contribution in [3.8, 4) is 0 Å². The van der Waals surface area contributed by atoms with Crippen LogP contribution in [0.25, 0.3) is 0 Å². The molecule has 0 amide bonds. The van der Waals surface area contributed by atoms with Gasteiger partial charge in [-0.2, -0.15) is 0 Å². The monoisotopic (exact) mass is 295 g/mol. The first-order chi connectivity index (χ1) is 9.60. The summed E-state index contributed by atoms with van der Waals surface area (Å²) in [5, 5.41) is 18.7. The molecule has 0 aromatic heterocycles. The molecule has 21 heavy (non-hydrogen) atoms. The van der Waals surface area contributed by atoms with Crippen LogP contribution in [0.1, 0.15) is 38.0 Å². The molecule has 0 aliphatic carbocycles. The molecular weight excluding hydrogens is 274 g/mol. The zero-order valence-electron chi connectivity index (χ0n) is 12.4. The molecule has 4 N–H and O–H groups in total. The van der Waals surface area contributed by atoms with E-state index < -0.39 is 29.7 Å². The largest absolute Gasteiger partial charge is 0.480 e. The van der Waals surface area contributed by atoms with Gasteiger partial charge in [0.2, 0.25) is 0 Å². The molecule has 0 saturated carbocycles. The molecule has 1 rings (SSSR count). The summed E-state index contributed by atoms with van der Waals surface area (Å²) < 4.78 is 5.09. The predicted octanol–water partition coefficient (Wildman–Crippen LogP) is 1.02. The van der Waals surface area contributed by atoms with E-state index in [4.69, 9.17) is 15.6 Å². The SMILES string of the molecule is CC(C)(C)OC(=O)C(O)c1ccc(C[C@H](N)C(=O)O)cc1. The average molecular weight is 295 g/mol. The maximum Gasteiger partial charge on any atom is 0.340 e. The van der Waals surface area contributed by atoms with Gasteiger partial charge in [0.1, 0.15) is 11.6 Å². The van der Waals surface area contributed by atoms with Crippen LogP contribution in [-0.4, -0.2) is 33.8 Å². The normalized spacial score (nSPS) is 14.3. The molecule has 6 nitrogen and oxygen atoms in total. The highest BCUT2D eigenvalue weighted by Gasteiger charge is 2.24. The highest BCUT2D eigenvalue weighted by atomic mass is 16.6. The zero-order chi connectivity index (χ0) is 16.2. The third kappa shape index (κ3) is 5.53. The standard InChI is InChI=1S/C15H21NO5/c1-15(2,3)21-14(20)12(17)10-6-4-9(5-7-10)8-11(16)13(18)19/h4-7,11-12,17H,8,16H2,1-3H3,(H,18,19)/t11-,12?/m0/s1. The van der Waals surface area contributed by atoms with E-state index in [0.717, 1.165) is 0 Å². The summed E-state index contributed by atoms with van der Waals surface area (Å²) in [5.41, 5.74) is 5.87. The molecule has 0 saturated heterocycles. The number of aliphatic carboxylic acids is 1. The number of aliphatic hydroxyl groups is 1. The Bertz CT molecular complexity index is 504. The van der Waals surface area contributed by atoms with Gasteiger partial charge in [-0.05, 0) is 38.3 Å². The molecular formula is C15H21NO5. The summed E-state index contributed by atoms with van der Waals surface area (Å²) in [6.45, 7) is 5.15. The summed E-state index contributed by atoms with van der Waals surface area (Å²) in [7, 11) is 0. The van der Waals surface area contributed by atoms with Crippen LogP contribution in [0, 0.1) is 0 Å². The van der Waals surface area contributed by atoms with Gasteiger partial charge in [0.05, 0.1) is 0 Å². The molecule has 0 fully saturated rings. The topological polar surface area (TPSA) is 110 Å². The Hall–Kier alpha value is -1.92. The minimum Gasteiger partial charge on any atom is -0.480 e. The van der Waals surface area contributed by atoms with Gasteiger partial charge in [0.15, 0.2) is 6.10 Å². The number of carboxylic acid groups (broad SMARTS) is 1. The highest BCUT2D eigenvalue weighted by Crippen LogP contribution is 2.19. The second kappa shape index (κ2) is 6.69. The lowest BCUT2D eigenvalue weighted by molar-refractivity contribution is -0.165. The Morgan fingerprint density at radius 2 is 1.76 bits per heavy atom. The van der Waals surface area contributed by atoms with Crippen molar-refractivity contribution >= 4 is 11.9 Å². The number of aliphatic hydroxyl groups excluding tert-OH is 1. The van der Waals surface area contributed by atoms with Gasteiger partial charge in [0, 0.05) is 0 Å². The molecule has 116 valence electrons. The number of hydrogen-bond donors (Lipinski definition) is 3. The molecule has 1 aromatic carbocycles. The van der Waals surface area contributed by atoms with Crippen molar-refractivity contribution in [1.29, 1.82) is 0 Å². The first-order valence-corrected chi connectivity index (χ1v) is 6.58. The number of hydrogen-bond acceptors (Lipinski definition) is 5. The number of rotatable bonds is 5.